The molecule has 0 spiro atoms. The Balaban J connectivity index is 2.65. The summed E-state index contributed by atoms with van der Waals surface area (Å²) in [5.74, 6) is -0.113. The van der Waals surface area contributed by atoms with E-state index in [-0.39, 0.29) is 18.2 Å². The van der Waals surface area contributed by atoms with Gasteiger partial charge in [0.25, 0.3) is 9.24 Å². The van der Waals surface area contributed by atoms with Crippen molar-refractivity contribution in [1.29, 1.82) is 0 Å². The monoisotopic (exact) mass is 275 g/mol. The van der Waals surface area contributed by atoms with Crippen LogP contribution in [0.1, 0.15) is 12.8 Å². The number of piperidine rings is 1. The molecule has 0 aromatic heterocycles. The average Bonchev–Trinajstić information content (AvgIpc) is 1.99. The minimum absolute atomic E-state index is 0.0237. The molecule has 0 aliphatic carbocycles. The van der Waals surface area contributed by atoms with Gasteiger partial charge in [-0.25, -0.2) is 8.42 Å². The Kier molecular flexibility index (Phi) is 4.02. The van der Waals surface area contributed by atoms with Gasteiger partial charge in [0.1, 0.15) is 9.84 Å². The molecule has 0 aromatic rings. The lowest BCUT2D eigenvalue weighted by Gasteiger charge is -2.29. The highest BCUT2D eigenvalue weighted by molar-refractivity contribution is 8.11. The Morgan fingerprint density at radius 3 is 2.40 bits per heavy atom. The van der Waals surface area contributed by atoms with Gasteiger partial charge >= 0.3 is 0 Å². The molecule has 0 bridgehead atoms. The van der Waals surface area contributed by atoms with Crippen LogP contribution >= 0.6 is 10.7 Å². The minimum atomic E-state index is -3.70. The van der Waals surface area contributed by atoms with Crippen LogP contribution in [0.2, 0.25) is 0 Å². The van der Waals surface area contributed by atoms with Gasteiger partial charge in [0.2, 0.25) is 0 Å². The normalized spacial score (nSPS) is 25.3. The summed E-state index contributed by atoms with van der Waals surface area (Å²) in [6.45, 7) is 0.588. The van der Waals surface area contributed by atoms with Crippen molar-refractivity contribution in [2.45, 2.75) is 12.8 Å². The second-order valence-corrected chi connectivity index (χ2v) is 8.60. The smallest absolute Gasteiger partial charge is 0.229 e. The predicted octanol–water partition coefficient (Wildman–Crippen LogP) is 0.227. The van der Waals surface area contributed by atoms with E-state index in [2.05, 4.69) is 0 Å². The average molecular weight is 276 g/mol. The standard InChI is InChI=1S/C7H14ClNO4S2/c1-14(10,11)6-7-3-2-4-9(5-7)15(8,12)13/h7H,2-6H2,1H3. The second kappa shape index (κ2) is 4.57. The van der Waals surface area contributed by atoms with Gasteiger partial charge in [-0.05, 0) is 18.8 Å². The van der Waals surface area contributed by atoms with Crippen LogP contribution in [0.3, 0.4) is 0 Å². The first-order valence-electron chi connectivity index (χ1n) is 4.56. The van der Waals surface area contributed by atoms with Crippen LogP contribution in [-0.4, -0.2) is 46.2 Å². The van der Waals surface area contributed by atoms with Crippen LogP contribution in [0.4, 0.5) is 0 Å². The summed E-state index contributed by atoms with van der Waals surface area (Å²) in [6, 6.07) is 0. The zero-order valence-electron chi connectivity index (χ0n) is 8.39. The van der Waals surface area contributed by atoms with E-state index in [0.717, 1.165) is 17.0 Å². The summed E-state index contributed by atoms with van der Waals surface area (Å²) in [5, 5.41) is 0. The summed E-state index contributed by atoms with van der Waals surface area (Å²) in [5.41, 5.74) is 0. The zero-order valence-corrected chi connectivity index (χ0v) is 10.8. The molecule has 1 rings (SSSR count). The number of nitrogens with zero attached hydrogens (tertiary/aromatic N) is 1. The number of sulfone groups is 1. The molecule has 5 nitrogen and oxygen atoms in total. The van der Waals surface area contributed by atoms with Crippen molar-refractivity contribution in [2.24, 2.45) is 5.92 Å². The number of halogens is 1. The lowest BCUT2D eigenvalue weighted by Crippen LogP contribution is -2.39. The predicted molar refractivity (Wildman–Crippen MR) is 58.8 cm³/mol. The number of hydrogen-bond acceptors (Lipinski definition) is 4. The highest BCUT2D eigenvalue weighted by Gasteiger charge is 2.28. The van der Waals surface area contributed by atoms with Gasteiger partial charge in [-0.2, -0.15) is 12.7 Å². The topological polar surface area (TPSA) is 71.5 Å². The number of hydrogen-bond donors (Lipinski definition) is 0. The minimum Gasteiger partial charge on any atom is -0.229 e. The van der Waals surface area contributed by atoms with Gasteiger partial charge in [0, 0.05) is 30.0 Å². The number of rotatable bonds is 3. The van der Waals surface area contributed by atoms with Crippen molar-refractivity contribution < 1.29 is 16.8 Å². The molecule has 0 saturated carbocycles. The van der Waals surface area contributed by atoms with E-state index < -0.39 is 19.1 Å². The third-order valence-corrected chi connectivity index (χ3v) is 4.94. The first-order valence-corrected chi connectivity index (χ1v) is 8.88. The molecular weight excluding hydrogens is 262 g/mol. The van der Waals surface area contributed by atoms with E-state index in [1.165, 1.54) is 0 Å². The van der Waals surface area contributed by atoms with E-state index in [9.17, 15) is 16.8 Å². The van der Waals surface area contributed by atoms with Crippen molar-refractivity contribution in [3.8, 4) is 0 Å². The lowest BCUT2D eigenvalue weighted by atomic mass is 10.0. The molecule has 1 saturated heterocycles. The molecule has 1 fully saturated rings. The van der Waals surface area contributed by atoms with E-state index in [1.54, 1.807) is 0 Å². The van der Waals surface area contributed by atoms with Crippen LogP contribution in [0.5, 0.6) is 0 Å². The van der Waals surface area contributed by atoms with Crippen LogP contribution in [0.15, 0.2) is 0 Å². The fraction of sp³-hybridized carbons (Fsp3) is 1.00. The first kappa shape index (κ1) is 13.2. The molecule has 1 atom stereocenters. The maximum absolute atomic E-state index is 11.1. The van der Waals surface area contributed by atoms with Crippen molar-refractivity contribution in [1.82, 2.24) is 4.31 Å². The van der Waals surface area contributed by atoms with Gasteiger partial charge in [0.15, 0.2) is 0 Å². The van der Waals surface area contributed by atoms with Crippen molar-refractivity contribution >= 4 is 29.8 Å². The quantitative estimate of drug-likeness (QED) is 0.691. The highest BCUT2D eigenvalue weighted by atomic mass is 35.7. The Morgan fingerprint density at radius 1 is 1.33 bits per heavy atom. The van der Waals surface area contributed by atoms with E-state index in [4.69, 9.17) is 10.7 Å². The molecule has 0 amide bonds. The largest absolute Gasteiger partial charge is 0.299 e. The lowest BCUT2D eigenvalue weighted by molar-refractivity contribution is 0.287. The molecule has 15 heavy (non-hydrogen) atoms. The van der Waals surface area contributed by atoms with Gasteiger partial charge in [-0.1, -0.05) is 0 Å². The molecule has 0 aromatic carbocycles. The van der Waals surface area contributed by atoms with Crippen LogP contribution in [-0.2, 0) is 19.1 Å². The van der Waals surface area contributed by atoms with Crippen molar-refractivity contribution in [3.63, 3.8) is 0 Å². The van der Waals surface area contributed by atoms with Crippen molar-refractivity contribution in [3.05, 3.63) is 0 Å². The molecule has 1 heterocycles. The third kappa shape index (κ3) is 4.67. The summed E-state index contributed by atoms with van der Waals surface area (Å²) in [6.07, 6.45) is 2.54. The summed E-state index contributed by atoms with van der Waals surface area (Å²) >= 11 is 0. The summed E-state index contributed by atoms with van der Waals surface area (Å²) in [7, 11) is -1.56. The summed E-state index contributed by atoms with van der Waals surface area (Å²) < 4.78 is 45.3. The molecular formula is C7H14ClNO4S2. The molecule has 0 N–H and O–H groups in total. The molecule has 1 aliphatic rings. The molecule has 8 heteroatoms. The van der Waals surface area contributed by atoms with Gasteiger partial charge in [-0.15, -0.1) is 0 Å². The fourth-order valence-corrected chi connectivity index (χ4v) is 4.03. The Labute approximate surface area is 94.9 Å². The summed E-state index contributed by atoms with van der Waals surface area (Å²) in [4.78, 5) is 0. The second-order valence-electron chi connectivity index (χ2n) is 3.90. The van der Waals surface area contributed by atoms with Gasteiger partial charge in [0.05, 0.1) is 5.75 Å². The molecule has 90 valence electrons. The van der Waals surface area contributed by atoms with Crippen LogP contribution in [0, 0.1) is 5.92 Å². The van der Waals surface area contributed by atoms with Crippen molar-refractivity contribution in [2.75, 3.05) is 25.1 Å². The van der Waals surface area contributed by atoms with Gasteiger partial charge < -0.3 is 0 Å². The Bertz CT molecular complexity index is 416. The third-order valence-electron chi connectivity index (χ3n) is 2.33. The van der Waals surface area contributed by atoms with E-state index in [1.807, 2.05) is 0 Å². The zero-order chi connectivity index (χ0) is 11.7. The maximum Gasteiger partial charge on any atom is 0.299 e. The molecule has 1 aliphatic heterocycles. The molecule has 1 unspecified atom stereocenters. The van der Waals surface area contributed by atoms with E-state index in [0.29, 0.717) is 13.0 Å². The Hall–Kier alpha value is 0.150. The van der Waals surface area contributed by atoms with Crippen LogP contribution < -0.4 is 0 Å². The Morgan fingerprint density at radius 2 is 1.93 bits per heavy atom. The highest BCUT2D eigenvalue weighted by Crippen LogP contribution is 2.21. The van der Waals surface area contributed by atoms with Gasteiger partial charge in [-0.3, -0.25) is 0 Å². The van der Waals surface area contributed by atoms with Crippen LogP contribution in [0.25, 0.3) is 0 Å². The molecule has 0 radical (unpaired) electrons. The maximum atomic E-state index is 11.1. The van der Waals surface area contributed by atoms with E-state index >= 15 is 0 Å². The fourth-order valence-electron chi connectivity index (χ4n) is 1.79. The SMILES string of the molecule is CS(=O)(=O)CC1CCCN(S(=O)(=O)Cl)C1. The first-order chi connectivity index (χ1) is 6.68.